The monoisotopic (exact) mass is 367 g/mol. The van der Waals surface area contributed by atoms with Gasteiger partial charge in [0.1, 0.15) is 4.90 Å². The Morgan fingerprint density at radius 3 is 2.23 bits per heavy atom. The van der Waals surface area contributed by atoms with Crippen LogP contribution in [-0.4, -0.2) is 26.4 Å². The maximum Gasteiger partial charge on any atom is 0.318 e. The van der Waals surface area contributed by atoms with E-state index < -0.39 is 16.0 Å². The van der Waals surface area contributed by atoms with Crippen molar-refractivity contribution in [3.8, 4) is 0 Å². The lowest BCUT2D eigenvalue weighted by molar-refractivity contribution is -0.00871. The Kier molecular flexibility index (Phi) is 4.88. The van der Waals surface area contributed by atoms with E-state index in [-0.39, 0.29) is 4.90 Å². The van der Waals surface area contributed by atoms with E-state index in [9.17, 15) is 13.2 Å². The lowest BCUT2D eigenvalue weighted by atomic mass is 10.0. The normalized spacial score (nSPS) is 11.3. The summed E-state index contributed by atoms with van der Waals surface area (Å²) in [6.07, 6.45) is 1.66. The van der Waals surface area contributed by atoms with Crippen molar-refractivity contribution in [2.75, 3.05) is 7.05 Å². The first kappa shape index (κ1) is 17.8. The number of fused-ring (bicyclic) bond motifs is 1. The van der Waals surface area contributed by atoms with E-state index in [1.54, 1.807) is 54.6 Å². The van der Waals surface area contributed by atoms with Gasteiger partial charge in [-0.15, -0.1) is 4.28 Å². The van der Waals surface area contributed by atoms with Crippen molar-refractivity contribution in [3.05, 3.63) is 84.4 Å². The summed E-state index contributed by atoms with van der Waals surface area (Å²) < 4.78 is 30.6. The molecule has 132 valence electrons. The van der Waals surface area contributed by atoms with Crippen molar-refractivity contribution < 1.29 is 17.5 Å². The zero-order valence-electron chi connectivity index (χ0n) is 14.1. The molecule has 5 nitrogen and oxygen atoms in total. The predicted octanol–water partition coefficient (Wildman–Crippen LogP) is 3.88. The smallest absolute Gasteiger partial charge is 0.267 e. The Bertz CT molecular complexity index is 1080. The highest BCUT2D eigenvalue weighted by molar-refractivity contribution is 7.87. The second-order valence-electron chi connectivity index (χ2n) is 5.60. The van der Waals surface area contributed by atoms with Crippen LogP contribution in [-0.2, 0) is 14.4 Å². The van der Waals surface area contributed by atoms with Crippen LogP contribution in [0.5, 0.6) is 0 Å². The van der Waals surface area contributed by atoms with E-state index in [1.807, 2.05) is 12.1 Å². The summed E-state index contributed by atoms with van der Waals surface area (Å²) in [6.45, 7) is 3.74. The minimum Gasteiger partial charge on any atom is -0.267 e. The van der Waals surface area contributed by atoms with E-state index in [2.05, 4.69) is 6.58 Å². The summed E-state index contributed by atoms with van der Waals surface area (Å²) in [4.78, 5) is 12.3. The highest BCUT2D eigenvalue weighted by Crippen LogP contribution is 2.28. The van der Waals surface area contributed by atoms with Gasteiger partial charge in [0.05, 0.1) is 0 Å². The average molecular weight is 367 g/mol. The first-order valence-corrected chi connectivity index (χ1v) is 9.27. The highest BCUT2D eigenvalue weighted by atomic mass is 32.2. The Balaban J connectivity index is 1.98. The Hall–Kier alpha value is -2.96. The topological polar surface area (TPSA) is 63.7 Å². The largest absolute Gasteiger partial charge is 0.318 e. The van der Waals surface area contributed by atoms with Gasteiger partial charge in [0.15, 0.2) is 0 Å². The van der Waals surface area contributed by atoms with Crippen molar-refractivity contribution in [1.29, 1.82) is 0 Å². The SMILES string of the molecule is C=Cc1ccc(S(=O)(=O)ON(C)C(=O)c2ccccc2)c2ccccc12. The number of nitrogens with zero attached hydrogens (tertiary/aromatic N) is 1. The number of benzene rings is 3. The molecule has 0 aliphatic rings. The molecule has 3 aromatic carbocycles. The van der Waals surface area contributed by atoms with Gasteiger partial charge in [0.25, 0.3) is 5.91 Å². The van der Waals surface area contributed by atoms with Crippen LogP contribution in [0.4, 0.5) is 0 Å². The van der Waals surface area contributed by atoms with Crippen LogP contribution in [0.1, 0.15) is 15.9 Å². The zero-order chi connectivity index (χ0) is 18.7. The van der Waals surface area contributed by atoms with Gasteiger partial charge in [0.2, 0.25) is 0 Å². The second kappa shape index (κ2) is 7.11. The van der Waals surface area contributed by atoms with Crippen molar-refractivity contribution in [1.82, 2.24) is 5.06 Å². The predicted molar refractivity (Wildman–Crippen MR) is 101 cm³/mol. The number of hydroxylamine groups is 2. The van der Waals surface area contributed by atoms with Crippen molar-refractivity contribution in [3.63, 3.8) is 0 Å². The van der Waals surface area contributed by atoms with Gasteiger partial charge in [-0.1, -0.05) is 61.2 Å². The molecular weight excluding hydrogens is 350 g/mol. The molecular formula is C20H17NO4S. The van der Waals surface area contributed by atoms with Crippen LogP contribution in [0.25, 0.3) is 16.8 Å². The lowest BCUT2D eigenvalue weighted by Crippen LogP contribution is -2.30. The highest BCUT2D eigenvalue weighted by Gasteiger charge is 2.24. The summed E-state index contributed by atoms with van der Waals surface area (Å²) in [5, 5.41) is 1.97. The zero-order valence-corrected chi connectivity index (χ0v) is 14.9. The van der Waals surface area contributed by atoms with Crippen LogP contribution < -0.4 is 0 Å². The van der Waals surface area contributed by atoms with E-state index in [4.69, 9.17) is 4.28 Å². The van der Waals surface area contributed by atoms with Gasteiger partial charge in [-0.05, 0) is 29.1 Å². The fourth-order valence-electron chi connectivity index (χ4n) is 2.67. The van der Waals surface area contributed by atoms with Gasteiger partial charge in [-0.2, -0.15) is 8.42 Å². The molecule has 0 saturated carbocycles. The quantitative estimate of drug-likeness (QED) is 0.642. The number of rotatable bonds is 5. The van der Waals surface area contributed by atoms with Crippen LogP contribution in [0, 0.1) is 0 Å². The maximum absolute atomic E-state index is 12.8. The number of carbonyl (C=O) groups is 1. The molecule has 0 N–H and O–H groups in total. The Morgan fingerprint density at radius 2 is 1.58 bits per heavy atom. The van der Waals surface area contributed by atoms with Crippen LogP contribution in [0.15, 0.2) is 78.2 Å². The lowest BCUT2D eigenvalue weighted by Gasteiger charge is -2.17. The fourth-order valence-corrected chi connectivity index (χ4v) is 3.80. The molecule has 0 saturated heterocycles. The molecule has 0 heterocycles. The number of hydrogen-bond donors (Lipinski definition) is 0. The third-order valence-electron chi connectivity index (χ3n) is 3.92. The molecule has 0 spiro atoms. The Labute approximate surface area is 152 Å². The summed E-state index contributed by atoms with van der Waals surface area (Å²) in [5.41, 5.74) is 1.14. The summed E-state index contributed by atoms with van der Waals surface area (Å²) in [6, 6.07) is 18.5. The number of hydrogen-bond acceptors (Lipinski definition) is 4. The minimum absolute atomic E-state index is 0.00795. The van der Waals surface area contributed by atoms with Crippen LogP contribution >= 0.6 is 0 Å². The van der Waals surface area contributed by atoms with E-state index >= 15 is 0 Å². The van der Waals surface area contributed by atoms with Gasteiger partial charge >= 0.3 is 10.1 Å². The van der Waals surface area contributed by atoms with Crippen molar-refractivity contribution >= 4 is 32.9 Å². The maximum atomic E-state index is 12.8. The van der Waals surface area contributed by atoms with Gasteiger partial charge in [0, 0.05) is 18.0 Å². The van der Waals surface area contributed by atoms with E-state index in [1.165, 1.54) is 13.1 Å². The fraction of sp³-hybridized carbons (Fsp3) is 0.0500. The molecule has 0 bridgehead atoms. The van der Waals surface area contributed by atoms with Gasteiger partial charge in [-0.25, -0.2) is 5.06 Å². The number of carbonyl (C=O) groups excluding carboxylic acids is 1. The molecule has 0 aromatic heterocycles. The molecule has 0 unspecified atom stereocenters. The summed E-state index contributed by atoms with van der Waals surface area (Å²) in [7, 11) is -2.92. The molecule has 1 amide bonds. The molecule has 0 atom stereocenters. The minimum atomic E-state index is -4.19. The second-order valence-corrected chi connectivity index (χ2v) is 7.10. The molecule has 0 aliphatic carbocycles. The summed E-state index contributed by atoms with van der Waals surface area (Å²) >= 11 is 0. The average Bonchev–Trinajstić information content (AvgIpc) is 2.66. The van der Waals surface area contributed by atoms with Crippen molar-refractivity contribution in [2.45, 2.75) is 4.90 Å². The molecule has 3 rings (SSSR count). The molecule has 0 radical (unpaired) electrons. The molecule has 0 fully saturated rings. The summed E-state index contributed by atoms with van der Waals surface area (Å²) in [5.74, 6) is -0.554. The van der Waals surface area contributed by atoms with Crippen LogP contribution in [0.3, 0.4) is 0 Å². The third-order valence-corrected chi connectivity index (χ3v) is 5.24. The molecule has 26 heavy (non-hydrogen) atoms. The molecule has 6 heteroatoms. The van der Waals surface area contributed by atoms with Crippen molar-refractivity contribution in [2.24, 2.45) is 0 Å². The third kappa shape index (κ3) is 3.37. The molecule has 3 aromatic rings. The van der Waals surface area contributed by atoms with E-state index in [0.29, 0.717) is 10.9 Å². The van der Waals surface area contributed by atoms with E-state index in [0.717, 1.165) is 16.0 Å². The molecule has 0 aliphatic heterocycles. The first-order chi connectivity index (χ1) is 12.4. The first-order valence-electron chi connectivity index (χ1n) is 7.86. The van der Waals surface area contributed by atoms with Gasteiger partial charge in [-0.3, -0.25) is 4.79 Å². The number of amides is 1. The standard InChI is InChI=1S/C20H17NO4S/c1-3-15-13-14-19(18-12-8-7-11-17(15)18)26(23,24)25-21(2)20(22)16-9-5-4-6-10-16/h3-14H,1H2,2H3. The van der Waals surface area contributed by atoms with Gasteiger partial charge < -0.3 is 0 Å². The van der Waals surface area contributed by atoms with Crippen LogP contribution in [0.2, 0.25) is 0 Å². The Morgan fingerprint density at radius 1 is 0.962 bits per heavy atom.